The molecule has 2 aromatic rings. The number of non-ortho nitro benzene ring substituents is 1. The summed E-state index contributed by atoms with van der Waals surface area (Å²) in [5, 5.41) is 24.1. The van der Waals surface area contributed by atoms with Gasteiger partial charge in [0.05, 0.1) is 10.6 Å². The summed E-state index contributed by atoms with van der Waals surface area (Å²) >= 11 is 0. The van der Waals surface area contributed by atoms with Gasteiger partial charge in [0, 0.05) is 24.7 Å². The lowest BCUT2D eigenvalue weighted by molar-refractivity contribution is -0.389. The van der Waals surface area contributed by atoms with Gasteiger partial charge in [-0.15, -0.1) is 0 Å². The van der Waals surface area contributed by atoms with Crippen molar-refractivity contribution in [3.05, 3.63) is 68.4 Å². The zero-order valence-electron chi connectivity index (χ0n) is 10.2. The summed E-state index contributed by atoms with van der Waals surface area (Å²) in [4.78, 5) is 23.7. The third kappa shape index (κ3) is 3.25. The zero-order chi connectivity index (χ0) is 14.5. The van der Waals surface area contributed by atoms with E-state index in [1.807, 2.05) is 0 Å². The molecule has 2 rings (SSSR count). The molecule has 0 fully saturated rings. The molecule has 0 amide bonds. The molecule has 1 N–H and O–H groups in total. The first-order chi connectivity index (χ1) is 9.56. The van der Waals surface area contributed by atoms with Crippen LogP contribution >= 0.6 is 0 Å². The van der Waals surface area contributed by atoms with Crippen LogP contribution in [0.25, 0.3) is 0 Å². The molecule has 0 spiro atoms. The maximum atomic E-state index is 10.6. The summed E-state index contributed by atoms with van der Waals surface area (Å²) < 4.78 is 0. The van der Waals surface area contributed by atoms with Crippen molar-refractivity contribution in [1.82, 2.24) is 4.98 Å². The minimum Gasteiger partial charge on any atom is -0.378 e. The van der Waals surface area contributed by atoms with Crippen molar-refractivity contribution in [3.8, 4) is 0 Å². The summed E-state index contributed by atoms with van der Waals surface area (Å²) in [5.41, 5.74) is 1.35. The largest absolute Gasteiger partial charge is 0.378 e. The van der Waals surface area contributed by atoms with E-state index in [4.69, 9.17) is 0 Å². The first kappa shape index (κ1) is 13.4. The predicted octanol–water partition coefficient (Wildman–Crippen LogP) is 2.51. The average molecular weight is 274 g/mol. The van der Waals surface area contributed by atoms with Crippen molar-refractivity contribution >= 4 is 17.2 Å². The Bertz CT molecular complexity index is 642. The molecule has 1 aromatic heterocycles. The fourth-order valence-electron chi connectivity index (χ4n) is 1.58. The third-order valence-electron chi connectivity index (χ3n) is 2.55. The Morgan fingerprint density at radius 1 is 1.10 bits per heavy atom. The predicted molar refractivity (Wildman–Crippen MR) is 71.3 cm³/mol. The second-order valence-corrected chi connectivity index (χ2v) is 3.94. The number of hydrogen-bond acceptors (Lipinski definition) is 6. The lowest BCUT2D eigenvalue weighted by atomic mass is 10.2. The molecule has 1 heterocycles. The van der Waals surface area contributed by atoms with E-state index in [0.29, 0.717) is 12.2 Å². The van der Waals surface area contributed by atoms with Crippen molar-refractivity contribution in [2.45, 2.75) is 6.54 Å². The highest BCUT2D eigenvalue weighted by molar-refractivity contribution is 5.44. The molecule has 0 aliphatic rings. The molecule has 0 unspecified atom stereocenters. The maximum absolute atomic E-state index is 10.6. The molecule has 102 valence electrons. The van der Waals surface area contributed by atoms with Gasteiger partial charge in [-0.25, -0.2) is 0 Å². The summed E-state index contributed by atoms with van der Waals surface area (Å²) in [6.45, 7) is 0.362. The Morgan fingerprint density at radius 2 is 1.90 bits per heavy atom. The van der Waals surface area contributed by atoms with Crippen LogP contribution in [0.3, 0.4) is 0 Å². The van der Waals surface area contributed by atoms with Gasteiger partial charge in [0.25, 0.3) is 5.69 Å². The number of benzene rings is 1. The third-order valence-corrected chi connectivity index (χ3v) is 2.55. The van der Waals surface area contributed by atoms with Gasteiger partial charge >= 0.3 is 5.82 Å². The standard InChI is InChI=1S/C12H10N4O4/c17-15(18)11-3-1-2-9(6-11)7-13-10-4-5-12(14-8-10)16(19)20/h1-6,8,13H,7H2. The van der Waals surface area contributed by atoms with Crippen molar-refractivity contribution in [3.63, 3.8) is 0 Å². The molecule has 0 bridgehead atoms. The van der Waals surface area contributed by atoms with Gasteiger partial charge in [-0.2, -0.15) is 0 Å². The number of nitrogens with zero attached hydrogens (tertiary/aromatic N) is 3. The normalized spacial score (nSPS) is 10.0. The van der Waals surface area contributed by atoms with Crippen LogP contribution < -0.4 is 5.32 Å². The van der Waals surface area contributed by atoms with Gasteiger partial charge in [-0.05, 0) is 21.5 Å². The molecule has 8 heteroatoms. The Balaban J connectivity index is 2.03. The van der Waals surface area contributed by atoms with E-state index in [9.17, 15) is 20.2 Å². The van der Waals surface area contributed by atoms with Crippen LogP contribution in [0, 0.1) is 20.2 Å². The molecule has 0 aliphatic carbocycles. The number of nitro benzene ring substituents is 1. The van der Waals surface area contributed by atoms with Gasteiger partial charge in [0.2, 0.25) is 0 Å². The van der Waals surface area contributed by atoms with Gasteiger partial charge in [0.15, 0.2) is 6.20 Å². The second-order valence-electron chi connectivity index (χ2n) is 3.94. The molecule has 0 radical (unpaired) electrons. The highest BCUT2D eigenvalue weighted by Crippen LogP contribution is 2.16. The van der Waals surface area contributed by atoms with Crippen LogP contribution in [0.1, 0.15) is 5.56 Å². The van der Waals surface area contributed by atoms with E-state index in [1.54, 1.807) is 12.1 Å². The summed E-state index contributed by atoms with van der Waals surface area (Å²) in [7, 11) is 0. The van der Waals surface area contributed by atoms with Crippen LogP contribution in [-0.4, -0.2) is 14.8 Å². The molecular weight excluding hydrogens is 264 g/mol. The maximum Gasteiger partial charge on any atom is 0.363 e. The van der Waals surface area contributed by atoms with Gasteiger partial charge in [-0.1, -0.05) is 12.1 Å². The molecule has 1 aromatic carbocycles. The van der Waals surface area contributed by atoms with E-state index in [0.717, 1.165) is 5.56 Å². The van der Waals surface area contributed by atoms with Crippen LogP contribution in [0.15, 0.2) is 42.6 Å². The van der Waals surface area contributed by atoms with Gasteiger partial charge in [0.1, 0.15) is 0 Å². The lowest BCUT2D eigenvalue weighted by Crippen LogP contribution is -2.01. The quantitative estimate of drug-likeness (QED) is 0.662. The van der Waals surface area contributed by atoms with E-state index < -0.39 is 9.85 Å². The Hall–Kier alpha value is -3.03. The summed E-state index contributed by atoms with van der Waals surface area (Å²) in [6, 6.07) is 9.04. The highest BCUT2D eigenvalue weighted by atomic mass is 16.6. The van der Waals surface area contributed by atoms with Crippen molar-refractivity contribution in [1.29, 1.82) is 0 Å². The first-order valence-corrected chi connectivity index (χ1v) is 5.64. The zero-order valence-corrected chi connectivity index (χ0v) is 10.2. The van der Waals surface area contributed by atoms with Gasteiger partial charge in [-0.3, -0.25) is 10.1 Å². The fourth-order valence-corrected chi connectivity index (χ4v) is 1.58. The lowest BCUT2D eigenvalue weighted by Gasteiger charge is -2.04. The number of pyridine rings is 1. The van der Waals surface area contributed by atoms with E-state index >= 15 is 0 Å². The number of hydrogen-bond donors (Lipinski definition) is 1. The topological polar surface area (TPSA) is 111 Å². The van der Waals surface area contributed by atoms with Crippen molar-refractivity contribution in [2.75, 3.05) is 5.32 Å². The van der Waals surface area contributed by atoms with E-state index in [2.05, 4.69) is 10.3 Å². The molecule has 0 saturated carbocycles. The highest BCUT2D eigenvalue weighted by Gasteiger charge is 2.07. The molecular formula is C12H10N4O4. The summed E-state index contributed by atoms with van der Waals surface area (Å²) in [5.74, 6) is -0.231. The molecule has 0 saturated heterocycles. The number of nitrogens with one attached hydrogen (secondary N) is 1. The molecule has 0 aliphatic heterocycles. The van der Waals surface area contributed by atoms with Crippen molar-refractivity contribution in [2.24, 2.45) is 0 Å². The molecule has 8 nitrogen and oxygen atoms in total. The Labute approximate surface area is 113 Å². The molecule has 20 heavy (non-hydrogen) atoms. The number of aromatic nitrogens is 1. The summed E-state index contributed by atoms with van der Waals surface area (Å²) in [6.07, 6.45) is 1.34. The minimum atomic E-state index is -0.579. The first-order valence-electron chi connectivity index (χ1n) is 5.64. The average Bonchev–Trinajstić information content (AvgIpc) is 2.46. The van der Waals surface area contributed by atoms with Crippen LogP contribution in [0.2, 0.25) is 0 Å². The Kier molecular flexibility index (Phi) is 3.85. The number of anilines is 1. The van der Waals surface area contributed by atoms with Crippen molar-refractivity contribution < 1.29 is 9.85 Å². The van der Waals surface area contributed by atoms with Crippen LogP contribution in [0.4, 0.5) is 17.2 Å². The SMILES string of the molecule is O=[N+]([O-])c1cccc(CNc2ccc([N+](=O)[O-])nc2)c1. The second kappa shape index (κ2) is 5.74. The smallest absolute Gasteiger partial charge is 0.363 e. The molecule has 0 atom stereocenters. The van der Waals surface area contributed by atoms with E-state index in [1.165, 1.54) is 30.5 Å². The Morgan fingerprint density at radius 3 is 2.50 bits per heavy atom. The minimum absolute atomic E-state index is 0.0196. The fraction of sp³-hybridized carbons (Fsp3) is 0.0833. The van der Waals surface area contributed by atoms with Crippen LogP contribution in [0.5, 0.6) is 0 Å². The number of nitro groups is 2. The van der Waals surface area contributed by atoms with Crippen LogP contribution in [-0.2, 0) is 6.54 Å². The van der Waals surface area contributed by atoms with E-state index in [-0.39, 0.29) is 11.5 Å². The monoisotopic (exact) mass is 274 g/mol. The number of rotatable bonds is 5. The van der Waals surface area contributed by atoms with Gasteiger partial charge < -0.3 is 15.4 Å².